The summed E-state index contributed by atoms with van der Waals surface area (Å²) in [7, 11) is 0. The van der Waals surface area contributed by atoms with Crippen LogP contribution in [0.15, 0.2) is 42.0 Å². The summed E-state index contributed by atoms with van der Waals surface area (Å²) in [4.78, 5) is 0. The van der Waals surface area contributed by atoms with Gasteiger partial charge in [-0.1, -0.05) is 30.3 Å². The van der Waals surface area contributed by atoms with E-state index < -0.39 is 0 Å². The minimum atomic E-state index is -0.182. The number of ether oxygens (including phenoxy) is 2. The van der Waals surface area contributed by atoms with Gasteiger partial charge in [0.25, 0.3) is 0 Å². The van der Waals surface area contributed by atoms with Crippen LogP contribution in [0.5, 0.6) is 0 Å². The molecular formula is C13H13ClO2. The Morgan fingerprint density at radius 3 is 2.81 bits per heavy atom. The number of fused-ring (bicyclic) bond motifs is 2. The molecule has 84 valence electrons. The van der Waals surface area contributed by atoms with Crippen LogP contribution >= 0.6 is 11.6 Å². The lowest BCUT2D eigenvalue weighted by Crippen LogP contribution is -2.19. The van der Waals surface area contributed by atoms with E-state index in [0.717, 1.165) is 12.0 Å². The van der Waals surface area contributed by atoms with Crippen LogP contribution in [0, 0.1) is 0 Å². The van der Waals surface area contributed by atoms with Crippen molar-refractivity contribution in [2.75, 3.05) is 6.61 Å². The molecule has 0 amide bonds. The van der Waals surface area contributed by atoms with Crippen molar-refractivity contribution in [2.45, 2.75) is 24.2 Å². The van der Waals surface area contributed by atoms with E-state index in [2.05, 4.69) is 12.1 Å². The number of rotatable bonds is 2. The molecule has 2 nitrogen and oxygen atoms in total. The Hall–Kier alpha value is -0.830. The molecule has 0 N–H and O–H groups in total. The fourth-order valence-corrected chi connectivity index (χ4v) is 2.50. The Morgan fingerprint density at radius 1 is 1.25 bits per heavy atom. The lowest BCUT2D eigenvalue weighted by Gasteiger charge is -2.22. The Labute approximate surface area is 99.8 Å². The third kappa shape index (κ3) is 1.88. The van der Waals surface area contributed by atoms with Crippen LogP contribution in [0.1, 0.15) is 17.4 Å². The van der Waals surface area contributed by atoms with E-state index in [9.17, 15) is 0 Å². The summed E-state index contributed by atoms with van der Waals surface area (Å²) in [6, 6.07) is 10.1. The molecule has 3 rings (SSSR count). The fourth-order valence-electron chi connectivity index (χ4n) is 2.19. The van der Waals surface area contributed by atoms with Gasteiger partial charge in [-0.15, -0.1) is 11.6 Å². The Morgan fingerprint density at radius 2 is 2.06 bits per heavy atom. The molecule has 1 aromatic carbocycles. The first-order valence-electron chi connectivity index (χ1n) is 5.49. The number of hydrogen-bond donors (Lipinski definition) is 0. The monoisotopic (exact) mass is 236 g/mol. The van der Waals surface area contributed by atoms with Gasteiger partial charge >= 0.3 is 0 Å². The van der Waals surface area contributed by atoms with Gasteiger partial charge in [0, 0.05) is 0 Å². The molecule has 16 heavy (non-hydrogen) atoms. The maximum absolute atomic E-state index is 6.46. The Kier molecular flexibility index (Phi) is 2.72. The van der Waals surface area contributed by atoms with E-state index in [4.69, 9.17) is 21.1 Å². The molecule has 1 fully saturated rings. The molecule has 2 aliphatic rings. The van der Waals surface area contributed by atoms with Gasteiger partial charge in [-0.05, 0) is 23.6 Å². The molecule has 1 saturated heterocycles. The standard InChI is InChI=1S/C13H13ClO2/c14-13(9-4-2-1-3-5-9)10-6-11-8-15-12(7-10)16-11/h1-5,7,11-13H,6,8H2/t11-,12+,13?/m0/s1. The van der Waals surface area contributed by atoms with E-state index in [1.54, 1.807) is 0 Å². The molecule has 1 unspecified atom stereocenters. The van der Waals surface area contributed by atoms with E-state index in [1.165, 1.54) is 5.57 Å². The lowest BCUT2D eigenvalue weighted by molar-refractivity contribution is -0.0269. The van der Waals surface area contributed by atoms with Gasteiger partial charge in [-0.3, -0.25) is 0 Å². The van der Waals surface area contributed by atoms with E-state index in [-0.39, 0.29) is 17.8 Å². The van der Waals surface area contributed by atoms with E-state index in [0.29, 0.717) is 6.61 Å². The first-order valence-corrected chi connectivity index (χ1v) is 5.93. The largest absolute Gasteiger partial charge is 0.346 e. The third-order valence-corrected chi connectivity index (χ3v) is 3.54. The normalized spacial score (nSPS) is 29.9. The van der Waals surface area contributed by atoms with Gasteiger partial charge in [-0.25, -0.2) is 0 Å². The second-order valence-corrected chi connectivity index (χ2v) is 4.62. The summed E-state index contributed by atoms with van der Waals surface area (Å²) >= 11 is 6.46. The van der Waals surface area contributed by atoms with Gasteiger partial charge < -0.3 is 9.47 Å². The predicted molar refractivity (Wildman–Crippen MR) is 62.3 cm³/mol. The highest BCUT2D eigenvalue weighted by atomic mass is 35.5. The van der Waals surface area contributed by atoms with E-state index in [1.807, 2.05) is 24.3 Å². The molecule has 2 bridgehead atoms. The number of benzene rings is 1. The molecule has 2 heterocycles. The smallest absolute Gasteiger partial charge is 0.177 e. The van der Waals surface area contributed by atoms with Gasteiger partial charge in [0.2, 0.25) is 0 Å². The second-order valence-electron chi connectivity index (χ2n) is 4.18. The predicted octanol–water partition coefficient (Wildman–Crippen LogP) is 3.04. The molecule has 0 aliphatic carbocycles. The van der Waals surface area contributed by atoms with Gasteiger partial charge in [-0.2, -0.15) is 0 Å². The van der Waals surface area contributed by atoms with Crippen LogP contribution < -0.4 is 0 Å². The average Bonchev–Trinajstić information content (AvgIpc) is 2.68. The molecule has 0 radical (unpaired) electrons. The van der Waals surface area contributed by atoms with Crippen molar-refractivity contribution in [3.05, 3.63) is 47.5 Å². The maximum atomic E-state index is 6.46. The van der Waals surface area contributed by atoms with Crippen LogP contribution in [-0.4, -0.2) is 19.0 Å². The summed E-state index contributed by atoms with van der Waals surface area (Å²) in [5.41, 5.74) is 2.35. The van der Waals surface area contributed by atoms with Crippen molar-refractivity contribution >= 4 is 11.6 Å². The fraction of sp³-hybridized carbons (Fsp3) is 0.385. The van der Waals surface area contributed by atoms with Crippen molar-refractivity contribution in [3.63, 3.8) is 0 Å². The van der Waals surface area contributed by atoms with Crippen molar-refractivity contribution in [1.82, 2.24) is 0 Å². The van der Waals surface area contributed by atoms with Crippen molar-refractivity contribution < 1.29 is 9.47 Å². The van der Waals surface area contributed by atoms with Crippen LogP contribution in [0.4, 0.5) is 0 Å². The van der Waals surface area contributed by atoms with Crippen molar-refractivity contribution in [3.8, 4) is 0 Å². The minimum absolute atomic E-state index is 0.0585. The van der Waals surface area contributed by atoms with Gasteiger partial charge in [0.1, 0.15) is 0 Å². The Bertz CT molecular complexity index is 402. The minimum Gasteiger partial charge on any atom is -0.346 e. The van der Waals surface area contributed by atoms with Crippen molar-refractivity contribution in [1.29, 1.82) is 0 Å². The average molecular weight is 237 g/mol. The second kappa shape index (κ2) is 4.21. The zero-order valence-electron chi connectivity index (χ0n) is 8.80. The van der Waals surface area contributed by atoms with E-state index >= 15 is 0 Å². The topological polar surface area (TPSA) is 18.5 Å². The first kappa shape index (κ1) is 10.3. The third-order valence-electron chi connectivity index (χ3n) is 3.00. The molecule has 3 atom stereocenters. The van der Waals surface area contributed by atoms with Crippen LogP contribution in [0.25, 0.3) is 0 Å². The molecule has 0 saturated carbocycles. The molecule has 0 aromatic heterocycles. The van der Waals surface area contributed by atoms with Gasteiger partial charge in [0.05, 0.1) is 18.1 Å². The highest BCUT2D eigenvalue weighted by molar-refractivity contribution is 6.22. The van der Waals surface area contributed by atoms with Crippen LogP contribution in [0.3, 0.4) is 0 Å². The summed E-state index contributed by atoms with van der Waals surface area (Å²) in [6.45, 7) is 0.684. The first-order chi connectivity index (χ1) is 7.83. The molecule has 3 heteroatoms. The highest BCUT2D eigenvalue weighted by Crippen LogP contribution is 2.37. The zero-order valence-corrected chi connectivity index (χ0v) is 9.56. The maximum Gasteiger partial charge on any atom is 0.177 e. The molecular weight excluding hydrogens is 224 g/mol. The molecule has 2 aliphatic heterocycles. The van der Waals surface area contributed by atoms with Gasteiger partial charge in [0.15, 0.2) is 6.29 Å². The highest BCUT2D eigenvalue weighted by Gasteiger charge is 2.32. The quantitative estimate of drug-likeness (QED) is 0.581. The Balaban J connectivity index is 1.83. The number of alkyl halides is 1. The molecule has 1 aromatic rings. The number of halogens is 1. The zero-order chi connectivity index (χ0) is 11.0. The summed E-state index contributed by atoms with van der Waals surface area (Å²) < 4.78 is 11.0. The summed E-state index contributed by atoms with van der Waals surface area (Å²) in [6.07, 6.45) is 2.89. The summed E-state index contributed by atoms with van der Waals surface area (Å²) in [5, 5.41) is -0.0585. The lowest BCUT2D eigenvalue weighted by atomic mass is 9.98. The van der Waals surface area contributed by atoms with Crippen LogP contribution in [-0.2, 0) is 9.47 Å². The molecule has 0 spiro atoms. The SMILES string of the molecule is ClC(C1=C[C@@H]2OC[C@H](C1)O2)c1ccccc1. The van der Waals surface area contributed by atoms with Crippen molar-refractivity contribution in [2.24, 2.45) is 0 Å². The summed E-state index contributed by atoms with van der Waals surface area (Å²) in [5.74, 6) is 0. The number of hydrogen-bond acceptors (Lipinski definition) is 2. The van der Waals surface area contributed by atoms with Crippen LogP contribution in [0.2, 0.25) is 0 Å².